The molecule has 5 nitrogen and oxygen atoms in total. The van der Waals surface area contributed by atoms with E-state index in [0.29, 0.717) is 5.70 Å². The summed E-state index contributed by atoms with van der Waals surface area (Å²) in [5.41, 5.74) is 0.758. The molecule has 2 amide bonds. The monoisotopic (exact) mass is 264 g/mol. The third-order valence-corrected chi connectivity index (χ3v) is 2.89. The smallest absolute Gasteiger partial charge is 0.337 e. The molecule has 1 aliphatic heterocycles. The molecule has 0 saturated heterocycles. The van der Waals surface area contributed by atoms with Gasteiger partial charge in [0.1, 0.15) is 5.82 Å². The molecule has 1 aliphatic rings. The molecule has 0 saturated carbocycles. The second-order valence-corrected chi connectivity index (χ2v) is 4.08. The lowest BCUT2D eigenvalue weighted by Crippen LogP contribution is -2.45. The molecule has 6 heteroatoms. The number of rotatable bonds is 2. The Morgan fingerprint density at radius 2 is 2.05 bits per heavy atom. The van der Waals surface area contributed by atoms with Crippen molar-refractivity contribution < 1.29 is 18.7 Å². The Balaban J connectivity index is 2.53. The van der Waals surface area contributed by atoms with Crippen molar-refractivity contribution in [3.8, 4) is 0 Å². The summed E-state index contributed by atoms with van der Waals surface area (Å²) in [6, 6.07) is 4.61. The van der Waals surface area contributed by atoms with Gasteiger partial charge in [0.2, 0.25) is 0 Å². The predicted molar refractivity (Wildman–Crippen MR) is 65.5 cm³/mol. The summed E-state index contributed by atoms with van der Waals surface area (Å²) in [5.74, 6) is -1.11. The fourth-order valence-corrected chi connectivity index (χ4v) is 2.02. The van der Waals surface area contributed by atoms with Crippen molar-refractivity contribution in [3.63, 3.8) is 0 Å². The number of urea groups is 1. The van der Waals surface area contributed by atoms with Crippen molar-refractivity contribution in [2.45, 2.75) is 13.0 Å². The van der Waals surface area contributed by atoms with Crippen molar-refractivity contribution in [1.82, 2.24) is 10.6 Å². The van der Waals surface area contributed by atoms with E-state index < -0.39 is 23.9 Å². The molecule has 0 aliphatic carbocycles. The number of hydrogen-bond donors (Lipinski definition) is 2. The third-order valence-electron chi connectivity index (χ3n) is 2.89. The van der Waals surface area contributed by atoms with E-state index in [9.17, 15) is 14.0 Å². The van der Waals surface area contributed by atoms with Gasteiger partial charge in [-0.15, -0.1) is 0 Å². The van der Waals surface area contributed by atoms with Crippen LogP contribution in [0.4, 0.5) is 9.18 Å². The summed E-state index contributed by atoms with van der Waals surface area (Å²) in [4.78, 5) is 23.3. The second-order valence-electron chi connectivity index (χ2n) is 4.08. The maximum atomic E-state index is 13.8. The molecule has 0 radical (unpaired) electrons. The average molecular weight is 264 g/mol. The van der Waals surface area contributed by atoms with Crippen LogP contribution in [-0.4, -0.2) is 19.1 Å². The Morgan fingerprint density at radius 1 is 1.37 bits per heavy atom. The minimum absolute atomic E-state index is 0.187. The molecule has 1 heterocycles. The maximum Gasteiger partial charge on any atom is 0.337 e. The van der Waals surface area contributed by atoms with Crippen LogP contribution in [0.15, 0.2) is 35.5 Å². The number of carbonyl (C=O) groups is 2. The minimum atomic E-state index is -0.859. The minimum Gasteiger partial charge on any atom is -0.466 e. The first kappa shape index (κ1) is 13.1. The third kappa shape index (κ3) is 2.42. The van der Waals surface area contributed by atoms with Crippen LogP contribution in [0, 0.1) is 5.82 Å². The Bertz CT molecular complexity index is 569. The van der Waals surface area contributed by atoms with E-state index in [4.69, 9.17) is 0 Å². The van der Waals surface area contributed by atoms with Gasteiger partial charge in [0.05, 0.1) is 18.7 Å². The Hall–Kier alpha value is -2.37. The van der Waals surface area contributed by atoms with E-state index >= 15 is 0 Å². The fourth-order valence-electron chi connectivity index (χ4n) is 2.02. The Labute approximate surface area is 109 Å². The van der Waals surface area contributed by atoms with Crippen LogP contribution >= 0.6 is 0 Å². The summed E-state index contributed by atoms with van der Waals surface area (Å²) < 4.78 is 18.5. The lowest BCUT2D eigenvalue weighted by molar-refractivity contribution is -0.136. The van der Waals surface area contributed by atoms with E-state index in [1.54, 1.807) is 13.0 Å². The van der Waals surface area contributed by atoms with E-state index in [1.165, 1.54) is 25.3 Å². The normalized spacial score (nSPS) is 18.7. The SMILES string of the molecule is COC(=O)C1=C(C)NC(=O)N[C@@H]1c1ccccc1F. The van der Waals surface area contributed by atoms with Gasteiger partial charge in [-0.2, -0.15) is 0 Å². The molecule has 0 fully saturated rings. The Kier molecular flexibility index (Phi) is 3.50. The van der Waals surface area contributed by atoms with E-state index in [0.717, 1.165) is 0 Å². The highest BCUT2D eigenvalue weighted by Crippen LogP contribution is 2.28. The van der Waals surface area contributed by atoms with Gasteiger partial charge < -0.3 is 15.4 Å². The molecule has 0 unspecified atom stereocenters. The molecule has 19 heavy (non-hydrogen) atoms. The number of ether oxygens (including phenoxy) is 1. The van der Waals surface area contributed by atoms with Gasteiger partial charge in [-0.3, -0.25) is 0 Å². The van der Waals surface area contributed by atoms with Crippen LogP contribution in [0.1, 0.15) is 18.5 Å². The molecule has 100 valence electrons. The number of methoxy groups -OCH3 is 1. The van der Waals surface area contributed by atoms with Crippen LogP contribution in [-0.2, 0) is 9.53 Å². The summed E-state index contributed by atoms with van der Waals surface area (Å²) in [6.45, 7) is 1.57. The molecular weight excluding hydrogens is 251 g/mol. The molecule has 0 aromatic heterocycles. The number of hydrogen-bond acceptors (Lipinski definition) is 3. The van der Waals surface area contributed by atoms with Crippen LogP contribution in [0.25, 0.3) is 0 Å². The maximum absolute atomic E-state index is 13.8. The summed E-state index contributed by atoms with van der Waals surface area (Å²) in [6.07, 6.45) is 0. The van der Waals surface area contributed by atoms with E-state index in [1.807, 2.05) is 0 Å². The predicted octanol–water partition coefficient (Wildman–Crippen LogP) is 1.63. The molecule has 2 rings (SSSR count). The van der Waals surface area contributed by atoms with Gasteiger partial charge in [-0.1, -0.05) is 18.2 Å². The first-order chi connectivity index (χ1) is 9.04. The number of amides is 2. The van der Waals surface area contributed by atoms with Crippen molar-refractivity contribution in [2.75, 3.05) is 7.11 Å². The number of benzene rings is 1. The van der Waals surface area contributed by atoms with Crippen LogP contribution in [0.2, 0.25) is 0 Å². The number of esters is 1. The van der Waals surface area contributed by atoms with Crippen LogP contribution in [0.5, 0.6) is 0 Å². The summed E-state index contributed by atoms with van der Waals surface area (Å²) in [7, 11) is 1.23. The second kappa shape index (κ2) is 5.09. The lowest BCUT2D eigenvalue weighted by atomic mass is 9.95. The molecule has 0 bridgehead atoms. The zero-order valence-electron chi connectivity index (χ0n) is 10.5. The molecular formula is C13H13FN2O3. The van der Waals surface area contributed by atoms with Crippen LogP contribution in [0.3, 0.4) is 0 Å². The number of halogens is 1. The van der Waals surface area contributed by atoms with Crippen molar-refractivity contribution in [3.05, 3.63) is 46.9 Å². The van der Waals surface area contributed by atoms with Gasteiger partial charge in [0.15, 0.2) is 0 Å². The molecule has 0 spiro atoms. The summed E-state index contributed by atoms with van der Waals surface area (Å²) >= 11 is 0. The highest BCUT2D eigenvalue weighted by atomic mass is 19.1. The number of nitrogens with one attached hydrogen (secondary N) is 2. The summed E-state index contributed by atoms with van der Waals surface area (Å²) in [5, 5.41) is 4.99. The van der Waals surface area contributed by atoms with E-state index in [2.05, 4.69) is 15.4 Å². The molecule has 2 N–H and O–H groups in total. The Morgan fingerprint density at radius 3 is 2.68 bits per heavy atom. The average Bonchev–Trinajstić information content (AvgIpc) is 2.37. The molecule has 1 aromatic carbocycles. The highest BCUT2D eigenvalue weighted by Gasteiger charge is 2.33. The van der Waals surface area contributed by atoms with Gasteiger partial charge in [0, 0.05) is 11.3 Å². The number of allylic oxidation sites excluding steroid dienone is 1. The molecule has 1 aromatic rings. The van der Waals surface area contributed by atoms with Gasteiger partial charge in [-0.05, 0) is 13.0 Å². The first-order valence-corrected chi connectivity index (χ1v) is 5.65. The van der Waals surface area contributed by atoms with Gasteiger partial charge in [-0.25, -0.2) is 14.0 Å². The van der Waals surface area contributed by atoms with Gasteiger partial charge in [0.25, 0.3) is 0 Å². The van der Waals surface area contributed by atoms with Crippen molar-refractivity contribution in [2.24, 2.45) is 0 Å². The fraction of sp³-hybridized carbons (Fsp3) is 0.231. The highest BCUT2D eigenvalue weighted by molar-refractivity contribution is 5.94. The van der Waals surface area contributed by atoms with Crippen molar-refractivity contribution in [1.29, 1.82) is 0 Å². The van der Waals surface area contributed by atoms with Crippen LogP contribution < -0.4 is 10.6 Å². The topological polar surface area (TPSA) is 67.4 Å². The quantitative estimate of drug-likeness (QED) is 0.798. The zero-order chi connectivity index (χ0) is 14.0. The zero-order valence-corrected chi connectivity index (χ0v) is 10.5. The number of carbonyl (C=O) groups excluding carboxylic acids is 2. The largest absolute Gasteiger partial charge is 0.466 e. The van der Waals surface area contributed by atoms with E-state index in [-0.39, 0.29) is 11.1 Å². The standard InChI is InChI=1S/C13H13FN2O3/c1-7-10(12(17)19-2)11(16-13(18)15-7)8-5-3-4-6-9(8)14/h3-6,11H,1-2H3,(H2,15,16,18)/t11-/m1/s1. The first-order valence-electron chi connectivity index (χ1n) is 5.65. The van der Waals surface area contributed by atoms with Gasteiger partial charge >= 0.3 is 12.0 Å². The van der Waals surface area contributed by atoms with Crippen molar-refractivity contribution >= 4 is 12.0 Å². The lowest BCUT2D eigenvalue weighted by Gasteiger charge is -2.27. The molecule has 1 atom stereocenters.